The lowest BCUT2D eigenvalue weighted by Crippen LogP contribution is -2.52. The maximum atomic E-state index is 14.1. The van der Waals surface area contributed by atoms with Gasteiger partial charge in [-0.05, 0) is 37.2 Å². The Morgan fingerprint density at radius 3 is 2.33 bits per heavy atom. The molecule has 0 saturated heterocycles. The number of para-hydroxylation sites is 1. The van der Waals surface area contributed by atoms with Crippen molar-refractivity contribution in [3.05, 3.63) is 46.2 Å². The van der Waals surface area contributed by atoms with Crippen LogP contribution in [0.15, 0.2) is 36.4 Å². The van der Waals surface area contributed by atoms with Gasteiger partial charge in [0.15, 0.2) is 11.3 Å². The standard InChI is InChI=1S/C21H29N3OSSi/c1-15-12-13-18(26-15)21(14-27(5,6)7,19(25)20(2,3)4)24-17-11-9-8-10-16(17)22-23-24/h8-13H,14H2,1-7H3. The molecule has 1 unspecified atom stereocenters. The van der Waals surface area contributed by atoms with E-state index in [0.717, 1.165) is 22.0 Å². The Kier molecular flexibility index (Phi) is 4.93. The van der Waals surface area contributed by atoms with Gasteiger partial charge in [-0.3, -0.25) is 4.79 Å². The molecular formula is C21H29N3OSSi. The summed E-state index contributed by atoms with van der Waals surface area (Å²) in [5, 5.41) is 8.94. The van der Waals surface area contributed by atoms with Crippen molar-refractivity contribution < 1.29 is 4.79 Å². The lowest BCUT2D eigenvalue weighted by Gasteiger charge is -2.40. The smallest absolute Gasteiger partial charge is 0.170 e. The predicted octanol–water partition coefficient (Wildman–Crippen LogP) is 5.50. The Hall–Kier alpha value is -1.79. The minimum atomic E-state index is -1.65. The fraction of sp³-hybridized carbons (Fsp3) is 0.476. The summed E-state index contributed by atoms with van der Waals surface area (Å²) in [5.41, 5.74) is 0.425. The van der Waals surface area contributed by atoms with Gasteiger partial charge < -0.3 is 0 Å². The Morgan fingerprint density at radius 2 is 1.78 bits per heavy atom. The molecule has 1 atom stereocenters. The zero-order valence-corrected chi connectivity index (χ0v) is 19.1. The molecule has 3 rings (SSSR count). The first-order chi connectivity index (χ1) is 12.4. The van der Waals surface area contributed by atoms with Gasteiger partial charge in [-0.2, -0.15) is 0 Å². The van der Waals surface area contributed by atoms with Crippen LogP contribution in [0.1, 0.15) is 30.5 Å². The van der Waals surface area contributed by atoms with Crippen LogP contribution in [0.25, 0.3) is 11.0 Å². The number of hydrogen-bond donors (Lipinski definition) is 0. The Labute approximate surface area is 166 Å². The van der Waals surface area contributed by atoms with Crippen molar-refractivity contribution in [3.8, 4) is 0 Å². The average Bonchev–Trinajstić information content (AvgIpc) is 3.17. The van der Waals surface area contributed by atoms with E-state index in [9.17, 15) is 4.79 Å². The normalized spacial score (nSPS) is 15.1. The van der Waals surface area contributed by atoms with Crippen LogP contribution in [-0.4, -0.2) is 28.9 Å². The molecular weight excluding hydrogens is 370 g/mol. The van der Waals surface area contributed by atoms with Gasteiger partial charge in [0.05, 0.1) is 5.52 Å². The molecule has 2 heterocycles. The molecule has 0 N–H and O–H groups in total. The highest BCUT2D eigenvalue weighted by atomic mass is 32.1. The molecule has 0 bridgehead atoms. The van der Waals surface area contributed by atoms with E-state index < -0.39 is 19.0 Å². The third-order valence-electron chi connectivity index (χ3n) is 4.70. The summed E-state index contributed by atoms with van der Waals surface area (Å²) in [6, 6.07) is 12.9. The zero-order chi connectivity index (χ0) is 20.0. The van der Waals surface area contributed by atoms with E-state index >= 15 is 0 Å². The molecule has 0 spiro atoms. The number of fused-ring (bicyclic) bond motifs is 1. The largest absolute Gasteiger partial charge is 0.296 e. The second-order valence-electron chi connectivity index (χ2n) is 9.58. The van der Waals surface area contributed by atoms with Gasteiger partial charge in [-0.25, -0.2) is 4.68 Å². The molecule has 3 aromatic rings. The third-order valence-corrected chi connectivity index (χ3v) is 7.43. The van der Waals surface area contributed by atoms with Crippen molar-refractivity contribution in [1.29, 1.82) is 0 Å². The quantitative estimate of drug-likeness (QED) is 0.532. The van der Waals surface area contributed by atoms with Crippen LogP contribution in [0, 0.1) is 12.3 Å². The molecule has 0 radical (unpaired) electrons. The van der Waals surface area contributed by atoms with Crippen LogP contribution >= 0.6 is 11.3 Å². The van der Waals surface area contributed by atoms with Crippen LogP contribution in [0.5, 0.6) is 0 Å². The summed E-state index contributed by atoms with van der Waals surface area (Å²) in [4.78, 5) is 16.3. The van der Waals surface area contributed by atoms with Gasteiger partial charge in [-0.1, -0.05) is 57.8 Å². The highest BCUT2D eigenvalue weighted by Gasteiger charge is 2.51. The molecule has 0 aliphatic rings. The molecule has 0 fully saturated rings. The molecule has 4 nitrogen and oxygen atoms in total. The number of carbonyl (C=O) groups is 1. The van der Waals surface area contributed by atoms with Crippen molar-refractivity contribution in [1.82, 2.24) is 15.0 Å². The Balaban J connectivity index is 2.41. The summed E-state index contributed by atoms with van der Waals surface area (Å²) in [6.45, 7) is 15.1. The summed E-state index contributed by atoms with van der Waals surface area (Å²) in [7, 11) is -1.65. The topological polar surface area (TPSA) is 47.8 Å². The van der Waals surface area contributed by atoms with Crippen molar-refractivity contribution in [2.24, 2.45) is 5.41 Å². The maximum absolute atomic E-state index is 14.1. The molecule has 144 valence electrons. The van der Waals surface area contributed by atoms with Crippen molar-refractivity contribution in [2.45, 2.75) is 58.9 Å². The molecule has 27 heavy (non-hydrogen) atoms. The lowest BCUT2D eigenvalue weighted by atomic mass is 9.78. The van der Waals surface area contributed by atoms with Crippen LogP contribution in [0.2, 0.25) is 25.7 Å². The van der Waals surface area contributed by atoms with E-state index in [1.807, 2.05) is 49.7 Å². The van der Waals surface area contributed by atoms with E-state index in [0.29, 0.717) is 0 Å². The van der Waals surface area contributed by atoms with E-state index in [4.69, 9.17) is 0 Å². The maximum Gasteiger partial charge on any atom is 0.170 e. The molecule has 0 aliphatic carbocycles. The predicted molar refractivity (Wildman–Crippen MR) is 116 cm³/mol. The van der Waals surface area contributed by atoms with Crippen LogP contribution < -0.4 is 0 Å². The van der Waals surface area contributed by atoms with E-state index in [2.05, 4.69) is 49.0 Å². The van der Waals surface area contributed by atoms with Crippen molar-refractivity contribution >= 4 is 36.2 Å². The monoisotopic (exact) mass is 399 g/mol. The minimum Gasteiger partial charge on any atom is -0.296 e. The number of aromatic nitrogens is 3. The number of rotatable bonds is 5. The van der Waals surface area contributed by atoms with Gasteiger partial charge in [0.25, 0.3) is 0 Å². The number of carbonyl (C=O) groups excluding carboxylic acids is 1. The number of benzene rings is 1. The Bertz CT molecular complexity index is 977. The second kappa shape index (κ2) is 6.67. The average molecular weight is 400 g/mol. The van der Waals surface area contributed by atoms with Crippen LogP contribution in [-0.2, 0) is 10.3 Å². The SMILES string of the molecule is Cc1ccc(C(C[Si](C)(C)C)(C(=O)C(C)(C)C)n2nnc3ccccc32)s1. The van der Waals surface area contributed by atoms with Crippen LogP contribution in [0.4, 0.5) is 0 Å². The van der Waals surface area contributed by atoms with Crippen LogP contribution in [0.3, 0.4) is 0 Å². The second-order valence-corrected chi connectivity index (χ2v) is 16.3. The van der Waals surface area contributed by atoms with Crippen molar-refractivity contribution in [2.75, 3.05) is 0 Å². The number of nitrogens with zero attached hydrogens (tertiary/aromatic N) is 3. The first kappa shape index (κ1) is 20.0. The fourth-order valence-electron chi connectivity index (χ4n) is 3.75. The highest BCUT2D eigenvalue weighted by Crippen LogP contribution is 2.44. The molecule has 0 amide bonds. The summed E-state index contributed by atoms with van der Waals surface area (Å²) in [5.74, 6) is 0.204. The third kappa shape index (κ3) is 3.65. The number of aryl methyl sites for hydroxylation is 1. The van der Waals surface area contributed by atoms with Crippen molar-refractivity contribution in [3.63, 3.8) is 0 Å². The summed E-state index contributed by atoms with van der Waals surface area (Å²) < 4.78 is 1.92. The van der Waals surface area contributed by atoms with Gasteiger partial charge in [-0.15, -0.1) is 16.4 Å². The van der Waals surface area contributed by atoms with E-state index in [-0.39, 0.29) is 5.78 Å². The molecule has 0 saturated carbocycles. The first-order valence-corrected chi connectivity index (χ1v) is 13.9. The van der Waals surface area contributed by atoms with E-state index in [1.165, 1.54) is 4.88 Å². The number of hydrogen-bond acceptors (Lipinski definition) is 4. The molecule has 6 heteroatoms. The number of thiophene rings is 1. The highest BCUT2D eigenvalue weighted by molar-refractivity contribution is 7.12. The first-order valence-electron chi connectivity index (χ1n) is 9.38. The summed E-state index contributed by atoms with van der Waals surface area (Å²) >= 11 is 1.70. The van der Waals surface area contributed by atoms with Gasteiger partial charge in [0, 0.05) is 23.2 Å². The van der Waals surface area contributed by atoms with E-state index in [1.54, 1.807) is 11.3 Å². The zero-order valence-electron chi connectivity index (χ0n) is 17.3. The van der Waals surface area contributed by atoms with Gasteiger partial charge >= 0.3 is 0 Å². The minimum absolute atomic E-state index is 0.204. The lowest BCUT2D eigenvalue weighted by molar-refractivity contribution is -0.133. The van der Waals surface area contributed by atoms with Gasteiger partial charge in [0.1, 0.15) is 5.52 Å². The number of ketones is 1. The molecule has 0 aliphatic heterocycles. The Morgan fingerprint density at radius 1 is 1.11 bits per heavy atom. The summed E-state index contributed by atoms with van der Waals surface area (Å²) in [6.07, 6.45) is 0. The van der Waals surface area contributed by atoms with Gasteiger partial charge in [0.2, 0.25) is 0 Å². The molecule has 1 aromatic carbocycles. The molecule has 2 aromatic heterocycles. The number of Topliss-reactive ketones (excluding diaryl/α,β-unsaturated/α-hetero) is 1. The fourth-order valence-corrected chi connectivity index (χ4v) is 6.95.